The average Bonchev–Trinajstić information content (AvgIpc) is 2.60. The maximum Gasteiger partial charge on any atom is 0.0401 e. The van der Waals surface area contributed by atoms with Crippen LogP contribution >= 0.6 is 0 Å². The number of hydrogen-bond acceptors (Lipinski definition) is 2. The number of anilines is 2. The second-order valence-corrected chi connectivity index (χ2v) is 8.29. The van der Waals surface area contributed by atoms with Crippen LogP contribution in [0.25, 0.3) is 0 Å². The summed E-state index contributed by atoms with van der Waals surface area (Å²) in [7, 11) is 0. The highest BCUT2D eigenvalue weighted by Crippen LogP contribution is 2.28. The van der Waals surface area contributed by atoms with E-state index in [1.807, 2.05) is 0 Å². The summed E-state index contributed by atoms with van der Waals surface area (Å²) < 4.78 is 0. The van der Waals surface area contributed by atoms with Crippen molar-refractivity contribution < 1.29 is 0 Å². The van der Waals surface area contributed by atoms with Gasteiger partial charge in [0.1, 0.15) is 0 Å². The van der Waals surface area contributed by atoms with Crippen molar-refractivity contribution in [2.24, 2.45) is 0 Å². The van der Waals surface area contributed by atoms with Crippen LogP contribution in [-0.4, -0.2) is 12.1 Å². The minimum Gasteiger partial charge on any atom is -0.382 e. The van der Waals surface area contributed by atoms with Crippen molar-refractivity contribution in [2.75, 3.05) is 10.6 Å². The van der Waals surface area contributed by atoms with E-state index in [4.69, 9.17) is 0 Å². The molecule has 0 spiro atoms. The van der Waals surface area contributed by atoms with Gasteiger partial charge in [0.15, 0.2) is 0 Å². The Bertz CT molecular complexity index is 664. The molecule has 2 aromatic carbocycles. The molecule has 2 N–H and O–H groups in total. The lowest BCUT2D eigenvalue weighted by Gasteiger charge is -2.20. The van der Waals surface area contributed by atoms with Gasteiger partial charge in [-0.25, -0.2) is 0 Å². The Balaban J connectivity index is 2.24. The van der Waals surface area contributed by atoms with Crippen molar-refractivity contribution >= 4 is 11.4 Å². The second-order valence-electron chi connectivity index (χ2n) is 8.29. The van der Waals surface area contributed by atoms with Gasteiger partial charge in [-0.15, -0.1) is 0 Å². The van der Waals surface area contributed by atoms with E-state index in [0.29, 0.717) is 12.1 Å². The topological polar surface area (TPSA) is 24.1 Å². The Hall–Kier alpha value is -1.96. The molecule has 0 heterocycles. The molecule has 2 nitrogen and oxygen atoms in total. The Morgan fingerprint density at radius 2 is 0.926 bits per heavy atom. The number of aryl methyl sites for hydroxylation is 4. The van der Waals surface area contributed by atoms with Gasteiger partial charge in [-0.05, 0) is 94.2 Å². The summed E-state index contributed by atoms with van der Waals surface area (Å²) in [5.41, 5.74) is 10.7. The van der Waals surface area contributed by atoms with E-state index in [9.17, 15) is 0 Å². The third-order valence-corrected chi connectivity index (χ3v) is 5.60. The number of rotatable bonds is 8. The third-order valence-electron chi connectivity index (χ3n) is 5.60. The molecule has 0 aromatic heterocycles. The first-order valence-electron chi connectivity index (χ1n) is 10.5. The van der Waals surface area contributed by atoms with Gasteiger partial charge in [-0.1, -0.05) is 38.1 Å². The van der Waals surface area contributed by atoms with Crippen LogP contribution in [0.1, 0.15) is 73.9 Å². The summed E-state index contributed by atoms with van der Waals surface area (Å²) in [4.78, 5) is 0. The van der Waals surface area contributed by atoms with Crippen molar-refractivity contribution in [3.63, 3.8) is 0 Å². The first-order valence-corrected chi connectivity index (χ1v) is 10.5. The molecule has 2 heteroatoms. The molecule has 2 rings (SSSR count). The Morgan fingerprint density at radius 1 is 0.630 bits per heavy atom. The minimum absolute atomic E-state index is 0.504. The SMILES string of the molecule is CCC(C)Nc1c(C)cc(Cc2cc(C)c(NC(C)CC)c(C)c2)cc1C. The van der Waals surface area contributed by atoms with E-state index in [1.165, 1.54) is 44.8 Å². The number of nitrogens with one attached hydrogen (secondary N) is 2. The first-order chi connectivity index (χ1) is 12.7. The van der Waals surface area contributed by atoms with Crippen molar-refractivity contribution in [1.29, 1.82) is 0 Å². The van der Waals surface area contributed by atoms with Gasteiger partial charge in [-0.3, -0.25) is 0 Å². The van der Waals surface area contributed by atoms with Gasteiger partial charge >= 0.3 is 0 Å². The molecule has 0 aliphatic heterocycles. The van der Waals surface area contributed by atoms with E-state index < -0.39 is 0 Å². The predicted molar refractivity (Wildman–Crippen MR) is 121 cm³/mol. The smallest absolute Gasteiger partial charge is 0.0401 e. The first kappa shape index (κ1) is 21.3. The summed E-state index contributed by atoms with van der Waals surface area (Å²) in [5, 5.41) is 7.32. The van der Waals surface area contributed by atoms with Crippen molar-refractivity contribution in [1.82, 2.24) is 0 Å². The van der Waals surface area contributed by atoms with Gasteiger partial charge in [0, 0.05) is 23.5 Å². The van der Waals surface area contributed by atoms with E-state index in [0.717, 1.165) is 19.3 Å². The normalized spacial score (nSPS) is 13.3. The molecule has 0 fully saturated rings. The highest BCUT2D eigenvalue weighted by Gasteiger charge is 2.11. The van der Waals surface area contributed by atoms with Crippen LogP contribution in [0.4, 0.5) is 11.4 Å². The highest BCUT2D eigenvalue weighted by molar-refractivity contribution is 5.61. The van der Waals surface area contributed by atoms with E-state index in [-0.39, 0.29) is 0 Å². The zero-order valence-corrected chi connectivity index (χ0v) is 18.6. The van der Waals surface area contributed by atoms with Crippen LogP contribution < -0.4 is 10.6 Å². The van der Waals surface area contributed by atoms with Gasteiger partial charge in [-0.2, -0.15) is 0 Å². The predicted octanol–water partition coefficient (Wildman–Crippen LogP) is 6.93. The number of benzene rings is 2. The average molecular weight is 367 g/mol. The zero-order valence-electron chi connectivity index (χ0n) is 18.6. The van der Waals surface area contributed by atoms with Crippen LogP contribution in [0.2, 0.25) is 0 Å². The Morgan fingerprint density at radius 3 is 1.19 bits per heavy atom. The fraction of sp³-hybridized carbons (Fsp3) is 0.520. The summed E-state index contributed by atoms with van der Waals surface area (Å²) in [5.74, 6) is 0. The maximum atomic E-state index is 3.66. The van der Waals surface area contributed by atoms with Crippen molar-refractivity contribution in [3.05, 3.63) is 57.6 Å². The molecular formula is C25H38N2. The van der Waals surface area contributed by atoms with Crippen LogP contribution in [0.5, 0.6) is 0 Å². The Labute approximate surface area is 166 Å². The van der Waals surface area contributed by atoms with E-state index >= 15 is 0 Å². The molecule has 0 aliphatic carbocycles. The summed E-state index contributed by atoms with van der Waals surface area (Å²) in [6, 6.07) is 10.4. The molecule has 148 valence electrons. The molecule has 2 unspecified atom stereocenters. The molecular weight excluding hydrogens is 328 g/mol. The lowest BCUT2D eigenvalue weighted by molar-refractivity contribution is 0.761. The molecule has 27 heavy (non-hydrogen) atoms. The van der Waals surface area contributed by atoms with Gasteiger partial charge < -0.3 is 10.6 Å². The molecule has 0 aliphatic rings. The summed E-state index contributed by atoms with van der Waals surface area (Å²) >= 11 is 0. The lowest BCUT2D eigenvalue weighted by atomic mass is 9.95. The third kappa shape index (κ3) is 5.51. The molecule has 0 saturated heterocycles. The number of hydrogen-bond donors (Lipinski definition) is 2. The van der Waals surface area contributed by atoms with Crippen molar-refractivity contribution in [3.8, 4) is 0 Å². The van der Waals surface area contributed by atoms with Crippen LogP contribution in [0.3, 0.4) is 0 Å². The van der Waals surface area contributed by atoms with Gasteiger partial charge in [0.05, 0.1) is 0 Å². The zero-order chi connectivity index (χ0) is 20.1. The fourth-order valence-corrected chi connectivity index (χ4v) is 3.70. The van der Waals surface area contributed by atoms with E-state index in [2.05, 4.69) is 90.3 Å². The second kappa shape index (κ2) is 9.30. The highest BCUT2D eigenvalue weighted by atomic mass is 14.9. The lowest BCUT2D eigenvalue weighted by Crippen LogP contribution is -2.15. The molecule has 2 atom stereocenters. The summed E-state index contributed by atoms with van der Waals surface area (Å²) in [6.07, 6.45) is 3.25. The van der Waals surface area contributed by atoms with Crippen LogP contribution in [0.15, 0.2) is 24.3 Å². The standard InChI is InChI=1S/C25H38N2/c1-9-20(7)26-24-16(3)11-22(12-17(24)4)15-23-13-18(5)25(19(6)14-23)27-21(8)10-2/h11-14,20-21,26-27H,9-10,15H2,1-8H3. The van der Waals surface area contributed by atoms with E-state index in [1.54, 1.807) is 0 Å². The monoisotopic (exact) mass is 366 g/mol. The molecule has 0 radical (unpaired) electrons. The minimum atomic E-state index is 0.504. The quantitative estimate of drug-likeness (QED) is 0.529. The molecule has 0 bridgehead atoms. The van der Waals surface area contributed by atoms with Gasteiger partial charge in [0.2, 0.25) is 0 Å². The largest absolute Gasteiger partial charge is 0.382 e. The van der Waals surface area contributed by atoms with Crippen LogP contribution in [-0.2, 0) is 6.42 Å². The maximum absolute atomic E-state index is 3.66. The fourth-order valence-electron chi connectivity index (χ4n) is 3.70. The molecule has 0 amide bonds. The van der Waals surface area contributed by atoms with Gasteiger partial charge in [0.25, 0.3) is 0 Å². The van der Waals surface area contributed by atoms with Crippen LogP contribution in [0, 0.1) is 27.7 Å². The summed E-state index contributed by atoms with van der Waals surface area (Å²) in [6.45, 7) is 17.8. The van der Waals surface area contributed by atoms with Crippen molar-refractivity contribution in [2.45, 2.75) is 86.7 Å². The Kier molecular flexibility index (Phi) is 7.35. The molecule has 0 saturated carbocycles. The molecule has 2 aromatic rings.